The zero-order valence-corrected chi connectivity index (χ0v) is 20.0. The monoisotopic (exact) mass is 475 g/mol. The molecular weight excluding hydrogens is 450 g/mol. The lowest BCUT2D eigenvalue weighted by Gasteiger charge is -2.26. The summed E-state index contributed by atoms with van der Waals surface area (Å²) >= 11 is 1.37. The first kappa shape index (κ1) is 22.0. The molecule has 0 spiro atoms. The van der Waals surface area contributed by atoms with Gasteiger partial charge in [0.25, 0.3) is 5.91 Å². The van der Waals surface area contributed by atoms with Crippen molar-refractivity contribution in [1.82, 2.24) is 19.9 Å². The molecule has 1 aliphatic heterocycles. The second kappa shape index (κ2) is 8.53. The number of hydrogen-bond acceptors (Lipinski definition) is 9. The smallest absolute Gasteiger partial charge is 0.286 e. The molecule has 0 atom stereocenters. The molecule has 0 saturated heterocycles. The SMILES string of the molecule is Cc1nc(C(N)=O)nc(N2CCOc3ccc(-c4cnc5sc(N)nc5c4)cc3C2)c1C(C)C. The number of aryl methyl sites for hydroxylation is 1. The van der Waals surface area contributed by atoms with Gasteiger partial charge in [-0.2, -0.15) is 0 Å². The summed E-state index contributed by atoms with van der Waals surface area (Å²) in [5.41, 5.74) is 16.9. The standard InChI is InChI=1S/C24H25N7O2S/c1-12(2)19-13(3)28-21(20(25)32)30-22(19)31-6-7-33-18-5-4-14(8-16(18)11-31)15-9-17-23(27-10-15)34-24(26)29-17/h4-5,8-10,12H,6-7,11H2,1-3H3,(H2,25,32)(H2,26,29). The third kappa shape index (κ3) is 4.01. The van der Waals surface area contributed by atoms with Gasteiger partial charge in [-0.3, -0.25) is 4.79 Å². The molecule has 4 N–H and O–H groups in total. The van der Waals surface area contributed by atoms with Crippen molar-refractivity contribution in [3.63, 3.8) is 0 Å². The van der Waals surface area contributed by atoms with Crippen LogP contribution < -0.4 is 21.1 Å². The Bertz CT molecular complexity index is 1420. The van der Waals surface area contributed by atoms with Crippen LogP contribution in [0.5, 0.6) is 5.75 Å². The van der Waals surface area contributed by atoms with Gasteiger partial charge >= 0.3 is 0 Å². The van der Waals surface area contributed by atoms with Gasteiger partial charge in [0.1, 0.15) is 28.5 Å². The van der Waals surface area contributed by atoms with Crippen molar-refractivity contribution in [1.29, 1.82) is 0 Å². The number of nitrogens with two attached hydrogens (primary N) is 2. The lowest BCUT2D eigenvalue weighted by atomic mass is 10.0. The van der Waals surface area contributed by atoms with E-state index < -0.39 is 5.91 Å². The highest BCUT2D eigenvalue weighted by atomic mass is 32.1. The van der Waals surface area contributed by atoms with Crippen molar-refractivity contribution in [2.24, 2.45) is 5.73 Å². The van der Waals surface area contributed by atoms with Crippen LogP contribution in [0, 0.1) is 6.92 Å². The third-order valence-electron chi connectivity index (χ3n) is 5.85. The van der Waals surface area contributed by atoms with Gasteiger partial charge in [-0.25, -0.2) is 19.9 Å². The Labute approximate surface area is 200 Å². The molecule has 4 aromatic rings. The number of thiazole rings is 1. The molecule has 9 nitrogen and oxygen atoms in total. The molecule has 0 aliphatic carbocycles. The average Bonchev–Trinajstić information content (AvgIpc) is 3.03. The number of carbonyl (C=O) groups is 1. The molecule has 3 aromatic heterocycles. The van der Waals surface area contributed by atoms with Crippen molar-refractivity contribution in [3.8, 4) is 16.9 Å². The number of pyridine rings is 1. The van der Waals surface area contributed by atoms with E-state index in [4.69, 9.17) is 16.2 Å². The van der Waals surface area contributed by atoms with Crippen molar-refractivity contribution in [2.75, 3.05) is 23.8 Å². The number of nitrogen functional groups attached to an aromatic ring is 1. The first-order valence-electron chi connectivity index (χ1n) is 11.0. The van der Waals surface area contributed by atoms with Crippen LogP contribution >= 0.6 is 11.3 Å². The predicted octanol–water partition coefficient (Wildman–Crippen LogP) is 3.66. The lowest BCUT2D eigenvalue weighted by Crippen LogP contribution is -2.29. The minimum atomic E-state index is -0.640. The topological polar surface area (TPSA) is 133 Å². The molecule has 4 heterocycles. The quantitative estimate of drug-likeness (QED) is 0.457. The molecule has 0 saturated carbocycles. The number of nitrogens with zero attached hydrogens (tertiary/aromatic N) is 5. The molecule has 1 aromatic carbocycles. The number of aromatic nitrogens is 4. The molecule has 0 bridgehead atoms. The summed E-state index contributed by atoms with van der Waals surface area (Å²) in [5, 5.41) is 0.502. The molecule has 1 amide bonds. The number of ether oxygens (including phenoxy) is 1. The summed E-state index contributed by atoms with van der Waals surface area (Å²) < 4.78 is 6.05. The van der Waals surface area contributed by atoms with E-state index in [-0.39, 0.29) is 11.7 Å². The van der Waals surface area contributed by atoms with E-state index in [1.807, 2.05) is 31.3 Å². The van der Waals surface area contributed by atoms with Gasteiger partial charge in [-0.05, 0) is 36.6 Å². The molecule has 174 valence electrons. The fourth-order valence-corrected chi connectivity index (χ4v) is 5.00. The Hall–Kier alpha value is -3.79. The normalized spacial score (nSPS) is 13.6. The minimum absolute atomic E-state index is 0.0259. The van der Waals surface area contributed by atoms with Crippen LogP contribution in [-0.2, 0) is 6.54 Å². The molecule has 5 rings (SSSR count). The number of carbonyl (C=O) groups excluding carboxylic acids is 1. The Morgan fingerprint density at radius 3 is 2.76 bits per heavy atom. The first-order valence-corrected chi connectivity index (χ1v) is 11.8. The van der Waals surface area contributed by atoms with Gasteiger partial charge in [-0.15, -0.1) is 0 Å². The van der Waals surface area contributed by atoms with E-state index in [2.05, 4.69) is 44.7 Å². The molecule has 34 heavy (non-hydrogen) atoms. The summed E-state index contributed by atoms with van der Waals surface area (Å²) in [5.74, 6) is 1.11. The number of fused-ring (bicyclic) bond motifs is 2. The number of amides is 1. The summed E-state index contributed by atoms with van der Waals surface area (Å²) in [6, 6.07) is 8.10. The maximum absolute atomic E-state index is 11.9. The molecule has 10 heteroatoms. The van der Waals surface area contributed by atoms with Crippen molar-refractivity contribution in [2.45, 2.75) is 33.2 Å². The minimum Gasteiger partial charge on any atom is -0.491 e. The van der Waals surface area contributed by atoms with Crippen LogP contribution in [0.3, 0.4) is 0 Å². The largest absolute Gasteiger partial charge is 0.491 e. The van der Waals surface area contributed by atoms with Gasteiger partial charge in [-0.1, -0.05) is 31.3 Å². The maximum Gasteiger partial charge on any atom is 0.286 e. The Morgan fingerprint density at radius 2 is 2.00 bits per heavy atom. The zero-order valence-electron chi connectivity index (χ0n) is 19.2. The molecule has 0 radical (unpaired) electrons. The first-order chi connectivity index (χ1) is 16.3. The predicted molar refractivity (Wildman–Crippen MR) is 133 cm³/mol. The highest BCUT2D eigenvalue weighted by molar-refractivity contribution is 7.21. The number of anilines is 2. The fraction of sp³-hybridized carbons (Fsp3) is 0.292. The number of hydrogen-bond donors (Lipinski definition) is 2. The lowest BCUT2D eigenvalue weighted by molar-refractivity contribution is 0.0990. The van der Waals surface area contributed by atoms with E-state index in [1.54, 1.807) is 0 Å². The number of benzene rings is 1. The second-order valence-electron chi connectivity index (χ2n) is 8.58. The molecular formula is C24H25N7O2S. The van der Waals surface area contributed by atoms with Crippen LogP contribution in [0.1, 0.15) is 47.2 Å². The molecule has 0 fully saturated rings. The van der Waals surface area contributed by atoms with E-state index in [0.29, 0.717) is 24.8 Å². The van der Waals surface area contributed by atoms with Crippen LogP contribution in [-0.4, -0.2) is 39.0 Å². The van der Waals surface area contributed by atoms with Crippen LogP contribution in [0.4, 0.5) is 10.9 Å². The van der Waals surface area contributed by atoms with E-state index >= 15 is 0 Å². The number of primary amides is 1. The zero-order chi connectivity index (χ0) is 24.0. The fourth-order valence-electron chi connectivity index (χ4n) is 4.35. The van der Waals surface area contributed by atoms with E-state index in [1.165, 1.54) is 11.3 Å². The average molecular weight is 476 g/mol. The Morgan fingerprint density at radius 1 is 1.18 bits per heavy atom. The van der Waals surface area contributed by atoms with Crippen LogP contribution in [0.25, 0.3) is 21.5 Å². The summed E-state index contributed by atoms with van der Waals surface area (Å²) in [6.45, 7) is 7.74. The van der Waals surface area contributed by atoms with Gasteiger partial charge < -0.3 is 21.1 Å². The Kier molecular flexibility index (Phi) is 5.52. The second-order valence-corrected chi connectivity index (χ2v) is 9.59. The van der Waals surface area contributed by atoms with Crippen LogP contribution in [0.15, 0.2) is 30.5 Å². The van der Waals surface area contributed by atoms with Crippen molar-refractivity contribution < 1.29 is 9.53 Å². The van der Waals surface area contributed by atoms with Crippen LogP contribution in [0.2, 0.25) is 0 Å². The maximum atomic E-state index is 11.9. The van der Waals surface area contributed by atoms with Crippen molar-refractivity contribution >= 4 is 38.5 Å². The third-order valence-corrected chi connectivity index (χ3v) is 6.66. The number of rotatable bonds is 4. The summed E-state index contributed by atoms with van der Waals surface area (Å²) in [7, 11) is 0. The van der Waals surface area contributed by atoms with Gasteiger partial charge in [0.05, 0.1) is 6.54 Å². The van der Waals surface area contributed by atoms with Gasteiger partial charge in [0.2, 0.25) is 5.82 Å². The molecule has 0 unspecified atom stereocenters. The van der Waals surface area contributed by atoms with Crippen molar-refractivity contribution in [3.05, 3.63) is 53.1 Å². The highest BCUT2D eigenvalue weighted by Gasteiger charge is 2.24. The Balaban J connectivity index is 1.55. The van der Waals surface area contributed by atoms with Gasteiger partial charge in [0, 0.05) is 35.1 Å². The highest BCUT2D eigenvalue weighted by Crippen LogP contribution is 2.34. The summed E-state index contributed by atoms with van der Waals surface area (Å²) in [4.78, 5) is 32.6. The van der Waals surface area contributed by atoms with E-state index in [9.17, 15) is 4.79 Å². The van der Waals surface area contributed by atoms with E-state index in [0.717, 1.165) is 49.9 Å². The van der Waals surface area contributed by atoms with Gasteiger partial charge in [0.15, 0.2) is 5.13 Å². The molecule has 1 aliphatic rings. The summed E-state index contributed by atoms with van der Waals surface area (Å²) in [6.07, 6.45) is 1.83.